The number of nitrogens with one attached hydrogen (secondary N) is 1. The molecule has 0 saturated heterocycles. The van der Waals surface area contributed by atoms with Crippen molar-refractivity contribution in [2.24, 2.45) is 5.92 Å². The first-order valence-corrected chi connectivity index (χ1v) is 8.12. The zero-order valence-electron chi connectivity index (χ0n) is 13.6. The van der Waals surface area contributed by atoms with E-state index in [1.165, 1.54) is 0 Å². The molecule has 0 atom stereocenters. The molecule has 1 aliphatic heterocycles. The van der Waals surface area contributed by atoms with E-state index in [4.69, 9.17) is 14.6 Å². The molecule has 128 valence electrons. The van der Waals surface area contributed by atoms with Crippen molar-refractivity contribution in [2.45, 2.75) is 31.7 Å². The van der Waals surface area contributed by atoms with Crippen molar-refractivity contribution in [3.63, 3.8) is 0 Å². The fourth-order valence-corrected chi connectivity index (χ4v) is 3.18. The Labute approximate surface area is 140 Å². The summed E-state index contributed by atoms with van der Waals surface area (Å²) >= 11 is 0. The molecule has 1 fully saturated rings. The van der Waals surface area contributed by atoms with Crippen LogP contribution in [0.3, 0.4) is 0 Å². The Hall–Kier alpha value is -2.50. The van der Waals surface area contributed by atoms with Gasteiger partial charge in [0.05, 0.1) is 18.6 Å². The van der Waals surface area contributed by atoms with E-state index in [0.29, 0.717) is 37.0 Å². The second-order valence-corrected chi connectivity index (χ2v) is 6.22. The van der Waals surface area contributed by atoms with Crippen LogP contribution in [0.15, 0.2) is 23.8 Å². The molecule has 24 heavy (non-hydrogen) atoms. The lowest BCUT2D eigenvalue weighted by molar-refractivity contribution is -0.142. The summed E-state index contributed by atoms with van der Waals surface area (Å²) < 4.78 is 10.8. The maximum absolute atomic E-state index is 12.4. The molecule has 1 aliphatic carbocycles. The number of fused-ring (bicyclic) bond motifs is 1. The molecule has 1 aromatic carbocycles. The highest BCUT2D eigenvalue weighted by molar-refractivity contribution is 5.99. The third-order valence-corrected chi connectivity index (χ3v) is 4.63. The lowest BCUT2D eigenvalue weighted by Gasteiger charge is -2.27. The second-order valence-electron chi connectivity index (χ2n) is 6.22. The summed E-state index contributed by atoms with van der Waals surface area (Å²) in [4.78, 5) is 23.4. The summed E-state index contributed by atoms with van der Waals surface area (Å²) in [6.07, 6.45) is 4.42. The van der Waals surface area contributed by atoms with Crippen molar-refractivity contribution < 1.29 is 24.2 Å². The van der Waals surface area contributed by atoms with E-state index in [2.05, 4.69) is 5.32 Å². The highest BCUT2D eigenvalue weighted by Crippen LogP contribution is 2.30. The van der Waals surface area contributed by atoms with Crippen molar-refractivity contribution in [2.75, 3.05) is 13.7 Å². The summed E-state index contributed by atoms with van der Waals surface area (Å²) in [6, 6.07) is 5.51. The number of benzene rings is 1. The number of methoxy groups -OCH3 is 1. The number of rotatable bonds is 4. The van der Waals surface area contributed by atoms with E-state index in [0.717, 1.165) is 11.3 Å². The average Bonchev–Trinajstić information content (AvgIpc) is 2.61. The second kappa shape index (κ2) is 6.95. The number of carboxylic acids is 1. The zero-order valence-corrected chi connectivity index (χ0v) is 13.6. The molecular formula is C18H21NO5. The Morgan fingerprint density at radius 1 is 1.25 bits per heavy atom. The van der Waals surface area contributed by atoms with Gasteiger partial charge in [-0.05, 0) is 50.0 Å². The van der Waals surface area contributed by atoms with E-state index in [1.54, 1.807) is 7.11 Å². The molecule has 0 radical (unpaired) electrons. The fraction of sp³-hybridized carbons (Fsp3) is 0.444. The third kappa shape index (κ3) is 3.53. The number of ether oxygens (including phenoxy) is 2. The minimum Gasteiger partial charge on any atom is -0.497 e. The van der Waals surface area contributed by atoms with E-state index < -0.39 is 5.97 Å². The summed E-state index contributed by atoms with van der Waals surface area (Å²) in [7, 11) is 1.59. The number of aliphatic carboxylic acids is 1. The van der Waals surface area contributed by atoms with Gasteiger partial charge in [-0.15, -0.1) is 0 Å². The van der Waals surface area contributed by atoms with E-state index >= 15 is 0 Å². The number of hydrogen-bond donors (Lipinski definition) is 2. The van der Waals surface area contributed by atoms with Crippen molar-refractivity contribution in [3.8, 4) is 11.5 Å². The Bertz CT molecular complexity index is 674. The number of carbonyl (C=O) groups is 2. The molecular weight excluding hydrogens is 310 g/mol. The Kier molecular flexibility index (Phi) is 4.74. The Balaban J connectivity index is 1.63. The molecule has 6 nitrogen and oxygen atoms in total. The van der Waals surface area contributed by atoms with Crippen LogP contribution in [0.1, 0.15) is 31.2 Å². The minimum absolute atomic E-state index is 0.0284. The molecule has 1 aromatic rings. The van der Waals surface area contributed by atoms with Crippen LogP contribution in [-0.4, -0.2) is 36.7 Å². The number of amides is 1. The van der Waals surface area contributed by atoms with Gasteiger partial charge in [0, 0.05) is 11.6 Å². The van der Waals surface area contributed by atoms with Crippen LogP contribution in [0.2, 0.25) is 0 Å². The third-order valence-electron chi connectivity index (χ3n) is 4.63. The van der Waals surface area contributed by atoms with Gasteiger partial charge in [-0.2, -0.15) is 0 Å². The lowest BCUT2D eigenvalue weighted by atomic mass is 9.86. The average molecular weight is 331 g/mol. The monoisotopic (exact) mass is 331 g/mol. The fourth-order valence-electron chi connectivity index (χ4n) is 3.18. The van der Waals surface area contributed by atoms with Crippen molar-refractivity contribution in [1.29, 1.82) is 0 Å². The van der Waals surface area contributed by atoms with Gasteiger partial charge < -0.3 is 19.9 Å². The van der Waals surface area contributed by atoms with Gasteiger partial charge in [0.15, 0.2) is 0 Å². The quantitative estimate of drug-likeness (QED) is 0.884. The van der Waals surface area contributed by atoms with Crippen molar-refractivity contribution >= 4 is 18.0 Å². The summed E-state index contributed by atoms with van der Waals surface area (Å²) in [5.41, 5.74) is 1.39. The highest BCUT2D eigenvalue weighted by atomic mass is 16.5. The zero-order chi connectivity index (χ0) is 17.1. The van der Waals surface area contributed by atoms with Crippen LogP contribution in [0.25, 0.3) is 6.08 Å². The molecule has 2 aliphatic rings. The largest absolute Gasteiger partial charge is 0.497 e. The molecule has 0 aromatic heterocycles. The van der Waals surface area contributed by atoms with Gasteiger partial charge >= 0.3 is 5.97 Å². The van der Waals surface area contributed by atoms with Crippen LogP contribution in [0.4, 0.5) is 0 Å². The summed E-state index contributed by atoms with van der Waals surface area (Å²) in [6.45, 7) is 0.232. The SMILES string of the molecule is COc1ccc2c(c1)C=C(C(=O)NC1CCC(C(=O)O)CC1)CO2. The molecule has 1 saturated carbocycles. The summed E-state index contributed by atoms with van der Waals surface area (Å²) in [5.74, 6) is 0.266. The van der Waals surface area contributed by atoms with E-state index in [-0.39, 0.29) is 24.5 Å². The predicted molar refractivity (Wildman–Crippen MR) is 88.0 cm³/mol. The Morgan fingerprint density at radius 2 is 2.00 bits per heavy atom. The van der Waals surface area contributed by atoms with Gasteiger partial charge in [-0.25, -0.2) is 0 Å². The smallest absolute Gasteiger partial charge is 0.306 e. The van der Waals surface area contributed by atoms with Crippen LogP contribution in [0, 0.1) is 5.92 Å². The number of carbonyl (C=O) groups excluding carboxylic acids is 1. The molecule has 0 spiro atoms. The van der Waals surface area contributed by atoms with Gasteiger partial charge in [0.25, 0.3) is 5.91 Å². The van der Waals surface area contributed by atoms with E-state index in [9.17, 15) is 9.59 Å². The molecule has 0 bridgehead atoms. The highest BCUT2D eigenvalue weighted by Gasteiger charge is 2.28. The molecule has 0 unspecified atom stereocenters. The lowest BCUT2D eigenvalue weighted by Crippen LogP contribution is -2.40. The van der Waals surface area contributed by atoms with Gasteiger partial charge in [-0.3, -0.25) is 9.59 Å². The van der Waals surface area contributed by atoms with E-state index in [1.807, 2.05) is 24.3 Å². The van der Waals surface area contributed by atoms with Crippen LogP contribution < -0.4 is 14.8 Å². The minimum atomic E-state index is -0.742. The van der Waals surface area contributed by atoms with Gasteiger partial charge in [-0.1, -0.05) is 0 Å². The molecule has 1 heterocycles. The van der Waals surface area contributed by atoms with Crippen LogP contribution >= 0.6 is 0 Å². The van der Waals surface area contributed by atoms with Crippen molar-refractivity contribution in [3.05, 3.63) is 29.3 Å². The Morgan fingerprint density at radius 3 is 2.67 bits per heavy atom. The number of carboxylic acid groups (broad SMARTS) is 1. The molecule has 6 heteroatoms. The molecule has 3 rings (SSSR count). The molecule has 1 amide bonds. The topological polar surface area (TPSA) is 84.9 Å². The summed E-state index contributed by atoms with van der Waals surface area (Å²) in [5, 5.41) is 12.0. The van der Waals surface area contributed by atoms with Crippen LogP contribution in [0.5, 0.6) is 11.5 Å². The van der Waals surface area contributed by atoms with Crippen LogP contribution in [-0.2, 0) is 9.59 Å². The van der Waals surface area contributed by atoms with Crippen molar-refractivity contribution in [1.82, 2.24) is 5.32 Å². The predicted octanol–water partition coefficient (Wildman–Crippen LogP) is 2.23. The first kappa shape index (κ1) is 16.4. The first-order chi connectivity index (χ1) is 11.6. The standard InChI is InChI=1S/C18H21NO5/c1-23-15-6-7-16-12(9-15)8-13(10-24-16)17(20)19-14-4-2-11(3-5-14)18(21)22/h6-9,11,14H,2-5,10H2,1H3,(H,19,20)(H,21,22). The maximum atomic E-state index is 12.4. The van der Waals surface area contributed by atoms with Gasteiger partial charge in [0.1, 0.15) is 18.1 Å². The first-order valence-electron chi connectivity index (χ1n) is 8.12. The van der Waals surface area contributed by atoms with Gasteiger partial charge in [0.2, 0.25) is 0 Å². The molecule has 2 N–H and O–H groups in total. The number of hydrogen-bond acceptors (Lipinski definition) is 4. The maximum Gasteiger partial charge on any atom is 0.306 e. The normalized spacial score (nSPS) is 22.6.